The number of hydrogen-bond donors (Lipinski definition) is 1. The SMILES string of the molecule is COc1cnc(N2CCn3c(C)cc4c(-c5ccc(C)cc5)c([C@H](OC(C)(C)C)C(=O)O)c(Cl)c2c43)nc1. The van der Waals surface area contributed by atoms with E-state index in [-0.39, 0.29) is 0 Å². The fourth-order valence-corrected chi connectivity index (χ4v) is 5.46. The summed E-state index contributed by atoms with van der Waals surface area (Å²) in [5.74, 6) is -0.112. The third kappa shape index (κ3) is 4.48. The third-order valence-corrected chi connectivity index (χ3v) is 7.10. The molecule has 198 valence electrons. The van der Waals surface area contributed by atoms with E-state index >= 15 is 0 Å². The van der Waals surface area contributed by atoms with Crippen LogP contribution in [0.25, 0.3) is 22.0 Å². The maximum Gasteiger partial charge on any atom is 0.337 e. The van der Waals surface area contributed by atoms with Crippen molar-refractivity contribution in [2.45, 2.75) is 52.9 Å². The Balaban J connectivity index is 1.88. The number of rotatable bonds is 6. The number of aliphatic carboxylic acids is 1. The van der Waals surface area contributed by atoms with E-state index in [2.05, 4.69) is 27.5 Å². The first-order valence-corrected chi connectivity index (χ1v) is 12.8. The average molecular weight is 535 g/mol. The topological polar surface area (TPSA) is 89.7 Å². The largest absolute Gasteiger partial charge is 0.494 e. The van der Waals surface area contributed by atoms with Gasteiger partial charge >= 0.3 is 5.97 Å². The lowest BCUT2D eigenvalue weighted by Crippen LogP contribution is -2.31. The summed E-state index contributed by atoms with van der Waals surface area (Å²) in [5.41, 5.74) is 5.05. The Hall–Kier alpha value is -3.62. The molecule has 1 N–H and O–H groups in total. The minimum Gasteiger partial charge on any atom is -0.494 e. The van der Waals surface area contributed by atoms with Gasteiger partial charge < -0.3 is 24.0 Å². The molecule has 1 aliphatic rings. The van der Waals surface area contributed by atoms with Crippen molar-refractivity contribution in [3.8, 4) is 16.9 Å². The second kappa shape index (κ2) is 9.60. The van der Waals surface area contributed by atoms with Crippen molar-refractivity contribution in [1.29, 1.82) is 0 Å². The molecule has 5 rings (SSSR count). The van der Waals surface area contributed by atoms with Gasteiger partial charge in [-0.15, -0.1) is 0 Å². The first-order chi connectivity index (χ1) is 18.0. The summed E-state index contributed by atoms with van der Waals surface area (Å²) in [6, 6.07) is 10.1. The molecule has 2 aromatic heterocycles. The summed E-state index contributed by atoms with van der Waals surface area (Å²) in [6.45, 7) is 10.8. The quantitative estimate of drug-likeness (QED) is 0.303. The van der Waals surface area contributed by atoms with Crippen molar-refractivity contribution in [2.24, 2.45) is 0 Å². The van der Waals surface area contributed by atoms with Crippen molar-refractivity contribution < 1.29 is 19.4 Å². The van der Waals surface area contributed by atoms with Crippen molar-refractivity contribution >= 4 is 40.1 Å². The molecule has 0 unspecified atom stereocenters. The van der Waals surface area contributed by atoms with Gasteiger partial charge in [-0.05, 0) is 51.8 Å². The van der Waals surface area contributed by atoms with E-state index in [9.17, 15) is 9.90 Å². The number of aromatic nitrogens is 3. The van der Waals surface area contributed by atoms with Crippen LogP contribution in [0.1, 0.15) is 43.7 Å². The molecule has 4 aromatic rings. The second-order valence-corrected chi connectivity index (χ2v) is 10.9. The van der Waals surface area contributed by atoms with Gasteiger partial charge in [-0.3, -0.25) is 0 Å². The molecule has 8 nitrogen and oxygen atoms in total. The number of nitrogens with zero attached hydrogens (tertiary/aromatic N) is 4. The zero-order chi connectivity index (χ0) is 27.4. The molecule has 0 fully saturated rings. The first-order valence-electron chi connectivity index (χ1n) is 12.5. The summed E-state index contributed by atoms with van der Waals surface area (Å²) >= 11 is 7.28. The summed E-state index contributed by atoms with van der Waals surface area (Å²) in [7, 11) is 1.56. The lowest BCUT2D eigenvalue weighted by Gasteiger charge is -2.34. The van der Waals surface area contributed by atoms with Crippen LogP contribution >= 0.6 is 11.6 Å². The number of benzene rings is 2. The van der Waals surface area contributed by atoms with Crippen LogP contribution in [0.3, 0.4) is 0 Å². The average Bonchev–Trinajstić information content (AvgIpc) is 3.21. The molecule has 38 heavy (non-hydrogen) atoms. The predicted molar refractivity (Wildman–Crippen MR) is 149 cm³/mol. The third-order valence-electron chi connectivity index (χ3n) is 6.72. The first kappa shape index (κ1) is 26.0. The predicted octanol–water partition coefficient (Wildman–Crippen LogP) is 6.47. The van der Waals surface area contributed by atoms with E-state index in [1.807, 2.05) is 56.9 Å². The number of hydrogen-bond acceptors (Lipinski definition) is 6. The number of carboxylic acids is 1. The maximum atomic E-state index is 12.8. The van der Waals surface area contributed by atoms with Crippen LogP contribution in [-0.4, -0.2) is 44.9 Å². The molecule has 1 aliphatic heterocycles. The minimum absolute atomic E-state index is 0.309. The molecule has 0 amide bonds. The zero-order valence-corrected chi connectivity index (χ0v) is 23.1. The minimum atomic E-state index is -1.30. The molecular weight excluding hydrogens is 504 g/mol. The van der Waals surface area contributed by atoms with Crippen LogP contribution in [0.15, 0.2) is 42.7 Å². The highest BCUT2D eigenvalue weighted by Crippen LogP contribution is 2.51. The summed E-state index contributed by atoms with van der Waals surface area (Å²) < 4.78 is 13.6. The summed E-state index contributed by atoms with van der Waals surface area (Å²) in [6.07, 6.45) is 1.91. The molecule has 0 bridgehead atoms. The molecule has 0 radical (unpaired) electrons. The number of aryl methyl sites for hydroxylation is 2. The van der Waals surface area contributed by atoms with Gasteiger partial charge in [-0.2, -0.15) is 0 Å². The van der Waals surface area contributed by atoms with Crippen molar-refractivity contribution in [3.05, 3.63) is 64.6 Å². The van der Waals surface area contributed by atoms with E-state index in [4.69, 9.17) is 21.1 Å². The van der Waals surface area contributed by atoms with Crippen LogP contribution in [0.2, 0.25) is 5.02 Å². The van der Waals surface area contributed by atoms with Gasteiger partial charge in [0.05, 0.1) is 41.3 Å². The van der Waals surface area contributed by atoms with Gasteiger partial charge in [0.2, 0.25) is 5.95 Å². The monoisotopic (exact) mass is 534 g/mol. The van der Waals surface area contributed by atoms with Gasteiger partial charge in [-0.25, -0.2) is 14.8 Å². The van der Waals surface area contributed by atoms with Crippen LogP contribution in [0.5, 0.6) is 5.75 Å². The van der Waals surface area contributed by atoms with Gasteiger partial charge in [0.25, 0.3) is 0 Å². The Kier molecular flexibility index (Phi) is 6.57. The fourth-order valence-electron chi connectivity index (χ4n) is 5.07. The van der Waals surface area contributed by atoms with Crippen molar-refractivity contribution in [3.63, 3.8) is 0 Å². The van der Waals surface area contributed by atoms with E-state index in [1.54, 1.807) is 19.5 Å². The van der Waals surface area contributed by atoms with E-state index < -0.39 is 17.7 Å². The Labute approximate surface area is 226 Å². The highest BCUT2D eigenvalue weighted by atomic mass is 35.5. The van der Waals surface area contributed by atoms with Crippen LogP contribution in [0, 0.1) is 13.8 Å². The molecule has 3 heterocycles. The standard InChI is InChI=1S/C29H31ClN4O4/c1-16-7-9-18(10-8-16)21-20-13-17(2)33-11-12-34(28-31-14-19(37-6)15-32-28)25(24(20)33)23(30)22(21)26(27(35)36)38-29(3,4)5/h7-10,13-15,26H,11-12H2,1-6H3,(H,35,36)/t26-/m0/s1. The molecule has 2 aromatic carbocycles. The zero-order valence-electron chi connectivity index (χ0n) is 22.4. The molecule has 0 spiro atoms. The number of carbonyl (C=O) groups is 1. The molecule has 0 aliphatic carbocycles. The molecular formula is C29H31ClN4O4. The van der Waals surface area contributed by atoms with Gasteiger partial charge in [0.1, 0.15) is 0 Å². The van der Waals surface area contributed by atoms with Crippen molar-refractivity contribution in [1.82, 2.24) is 14.5 Å². The van der Waals surface area contributed by atoms with E-state index in [1.165, 1.54) is 0 Å². The molecule has 1 atom stereocenters. The van der Waals surface area contributed by atoms with Gasteiger partial charge in [-0.1, -0.05) is 41.4 Å². The highest BCUT2D eigenvalue weighted by Gasteiger charge is 2.37. The Bertz CT molecular complexity index is 1520. The number of methoxy groups -OCH3 is 1. The summed E-state index contributed by atoms with van der Waals surface area (Å²) in [5, 5.41) is 11.7. The van der Waals surface area contributed by atoms with Crippen LogP contribution in [0.4, 0.5) is 11.6 Å². The smallest absolute Gasteiger partial charge is 0.337 e. The number of carboxylic acid groups (broad SMARTS) is 1. The molecule has 0 saturated carbocycles. The van der Waals surface area contributed by atoms with E-state index in [0.717, 1.165) is 33.3 Å². The Morgan fingerprint density at radius 2 is 1.76 bits per heavy atom. The van der Waals surface area contributed by atoms with Crippen LogP contribution in [-0.2, 0) is 16.1 Å². The van der Waals surface area contributed by atoms with Gasteiger partial charge in [0, 0.05) is 29.7 Å². The van der Waals surface area contributed by atoms with Gasteiger partial charge in [0.15, 0.2) is 11.9 Å². The van der Waals surface area contributed by atoms with Crippen molar-refractivity contribution in [2.75, 3.05) is 18.6 Å². The number of anilines is 2. The Morgan fingerprint density at radius 1 is 1.11 bits per heavy atom. The summed E-state index contributed by atoms with van der Waals surface area (Å²) in [4.78, 5) is 23.7. The fraction of sp³-hybridized carbons (Fsp3) is 0.345. The number of ether oxygens (including phenoxy) is 2. The Morgan fingerprint density at radius 3 is 2.34 bits per heavy atom. The maximum absolute atomic E-state index is 12.8. The molecule has 0 saturated heterocycles. The second-order valence-electron chi connectivity index (χ2n) is 10.5. The van der Waals surface area contributed by atoms with E-state index in [0.29, 0.717) is 41.1 Å². The molecule has 9 heteroatoms. The highest BCUT2D eigenvalue weighted by molar-refractivity contribution is 6.37. The number of halogens is 1. The lowest BCUT2D eigenvalue weighted by atomic mass is 9.90. The lowest BCUT2D eigenvalue weighted by molar-refractivity contribution is -0.160. The van der Waals surface area contributed by atoms with Crippen LogP contribution < -0.4 is 9.64 Å². The normalized spacial score (nSPS) is 14.1.